The summed E-state index contributed by atoms with van der Waals surface area (Å²) in [6.07, 6.45) is 1.94. The van der Waals surface area contributed by atoms with Gasteiger partial charge in [-0.3, -0.25) is 14.5 Å². The Morgan fingerprint density at radius 3 is 2.66 bits per heavy atom. The summed E-state index contributed by atoms with van der Waals surface area (Å²) in [4.78, 5) is 29.3. The Labute approximate surface area is 209 Å². The highest BCUT2D eigenvalue weighted by atomic mass is 32.1. The number of methoxy groups -OCH3 is 1. The first-order valence-electron chi connectivity index (χ1n) is 12.2. The van der Waals surface area contributed by atoms with E-state index in [-0.39, 0.29) is 41.0 Å². The van der Waals surface area contributed by atoms with E-state index < -0.39 is 6.04 Å². The molecule has 0 saturated heterocycles. The van der Waals surface area contributed by atoms with Crippen molar-refractivity contribution in [2.75, 3.05) is 12.0 Å². The number of aromatic nitrogens is 2. The summed E-state index contributed by atoms with van der Waals surface area (Å²) in [5.74, 6) is 0.895. The molecule has 3 heterocycles. The summed E-state index contributed by atoms with van der Waals surface area (Å²) < 4.78 is 11.6. The number of rotatable bonds is 5. The fourth-order valence-corrected chi connectivity index (χ4v) is 6.49. The Balaban J connectivity index is 1.62. The Hall–Kier alpha value is -2.94. The summed E-state index contributed by atoms with van der Waals surface area (Å²) in [7, 11) is 1.47. The molecule has 35 heavy (non-hydrogen) atoms. The van der Waals surface area contributed by atoms with E-state index in [1.165, 1.54) is 29.4 Å². The highest BCUT2D eigenvalue weighted by molar-refractivity contribution is 7.15. The van der Waals surface area contributed by atoms with Crippen LogP contribution in [-0.2, 0) is 20.7 Å². The molecule has 9 heteroatoms. The molecule has 1 amide bonds. The second-order valence-corrected chi connectivity index (χ2v) is 11.4. The van der Waals surface area contributed by atoms with Crippen molar-refractivity contribution in [3.8, 4) is 11.5 Å². The lowest BCUT2D eigenvalue weighted by Gasteiger charge is -2.40. The number of ether oxygens (including phenoxy) is 2. The van der Waals surface area contributed by atoms with E-state index in [9.17, 15) is 14.7 Å². The van der Waals surface area contributed by atoms with Crippen LogP contribution in [0.25, 0.3) is 0 Å². The van der Waals surface area contributed by atoms with Crippen molar-refractivity contribution in [3.05, 3.63) is 40.1 Å². The summed E-state index contributed by atoms with van der Waals surface area (Å²) >= 11 is 1.36. The molecule has 5 atom stereocenters. The van der Waals surface area contributed by atoms with Crippen molar-refractivity contribution < 1.29 is 24.2 Å². The number of nitrogens with zero attached hydrogens (tertiary/aromatic N) is 3. The van der Waals surface area contributed by atoms with E-state index >= 15 is 0 Å². The van der Waals surface area contributed by atoms with Gasteiger partial charge in [-0.05, 0) is 48.3 Å². The molecule has 1 fully saturated rings. The minimum atomic E-state index is -0.727. The lowest BCUT2D eigenvalue weighted by molar-refractivity contribution is -0.134. The molecule has 5 rings (SSSR count). The summed E-state index contributed by atoms with van der Waals surface area (Å²) in [6, 6.07) is 4.16. The zero-order valence-electron chi connectivity index (χ0n) is 20.6. The van der Waals surface area contributed by atoms with E-state index in [1.807, 2.05) is 0 Å². The largest absolute Gasteiger partial charge is 0.504 e. The van der Waals surface area contributed by atoms with Crippen LogP contribution in [0, 0.1) is 23.7 Å². The average Bonchev–Trinajstić information content (AvgIpc) is 3.37. The van der Waals surface area contributed by atoms with Crippen LogP contribution in [-0.4, -0.2) is 40.2 Å². The van der Waals surface area contributed by atoms with Gasteiger partial charge in [0.25, 0.3) is 5.91 Å². The van der Waals surface area contributed by atoms with Gasteiger partial charge in [0.15, 0.2) is 23.0 Å². The van der Waals surface area contributed by atoms with E-state index in [0.29, 0.717) is 34.0 Å². The third kappa shape index (κ3) is 3.99. The number of Topliss-reactive ketones (excluding diaryl/α,β-unsaturated/α-hetero) is 1. The van der Waals surface area contributed by atoms with Gasteiger partial charge in [0.05, 0.1) is 24.6 Å². The van der Waals surface area contributed by atoms with Gasteiger partial charge < -0.3 is 14.6 Å². The van der Waals surface area contributed by atoms with Gasteiger partial charge >= 0.3 is 0 Å². The Morgan fingerprint density at radius 2 is 1.94 bits per heavy atom. The number of hydrogen-bond acceptors (Lipinski definition) is 8. The number of carbonyl (C=O) groups excluding carboxylic acids is 2. The maximum Gasteiger partial charge on any atom is 0.296 e. The Bertz CT molecular complexity index is 1210. The number of hydrogen-bond donors (Lipinski definition) is 1. The standard InChI is InChI=1S/C26H31N3O5S/c1-12(2)8-20-27-28-26(35-20)29-22(15-6-7-17(30)19(11-15)33-5)21-23(31)16-9-13(3)14(4)10-18(16)34-24(21)25(29)32/h6-7,11-14,16,18,22,30H,8-10H2,1-5H3. The summed E-state index contributed by atoms with van der Waals surface area (Å²) in [6.45, 7) is 8.54. The molecule has 1 aromatic heterocycles. The number of fused-ring (bicyclic) bond motifs is 1. The van der Waals surface area contributed by atoms with Crippen molar-refractivity contribution in [2.24, 2.45) is 23.7 Å². The van der Waals surface area contributed by atoms with E-state index in [1.54, 1.807) is 12.1 Å². The fourth-order valence-electron chi connectivity index (χ4n) is 5.41. The SMILES string of the molecule is COc1cc(C2C3=C(OC4CC(C)C(C)CC4C3=O)C(=O)N2c2nnc(CC(C)C)s2)ccc1O. The number of anilines is 1. The Kier molecular flexibility index (Phi) is 6.07. The summed E-state index contributed by atoms with van der Waals surface area (Å²) in [5, 5.41) is 20.1. The molecule has 0 radical (unpaired) electrons. The number of amides is 1. The summed E-state index contributed by atoms with van der Waals surface area (Å²) in [5.41, 5.74) is 1.01. The van der Waals surface area contributed by atoms with Crippen LogP contribution >= 0.6 is 11.3 Å². The van der Waals surface area contributed by atoms with Crippen molar-refractivity contribution >= 4 is 28.2 Å². The van der Waals surface area contributed by atoms with Crippen LogP contribution in [0.1, 0.15) is 57.1 Å². The molecule has 0 spiro atoms. The third-order valence-corrected chi connectivity index (χ3v) is 8.42. The first-order valence-corrected chi connectivity index (χ1v) is 13.0. The molecule has 0 bridgehead atoms. The minimum Gasteiger partial charge on any atom is -0.504 e. The van der Waals surface area contributed by atoms with Gasteiger partial charge in [0.2, 0.25) is 5.13 Å². The van der Waals surface area contributed by atoms with Gasteiger partial charge in [-0.15, -0.1) is 10.2 Å². The van der Waals surface area contributed by atoms with Crippen molar-refractivity contribution in [1.82, 2.24) is 10.2 Å². The maximum absolute atomic E-state index is 13.9. The predicted molar refractivity (Wildman–Crippen MR) is 131 cm³/mol. The number of ketones is 1. The van der Waals surface area contributed by atoms with Gasteiger partial charge in [0.1, 0.15) is 11.1 Å². The predicted octanol–water partition coefficient (Wildman–Crippen LogP) is 4.44. The van der Waals surface area contributed by atoms with Crippen molar-refractivity contribution in [2.45, 2.75) is 59.1 Å². The van der Waals surface area contributed by atoms with E-state index in [2.05, 4.69) is 37.9 Å². The van der Waals surface area contributed by atoms with Gasteiger partial charge in [-0.2, -0.15) is 0 Å². The lowest BCUT2D eigenvalue weighted by atomic mass is 9.70. The number of phenolic OH excluding ortho intramolecular Hbond substituents is 1. The lowest BCUT2D eigenvalue weighted by Crippen LogP contribution is -2.43. The number of benzene rings is 1. The molecule has 8 nitrogen and oxygen atoms in total. The molecule has 2 aromatic rings. The highest BCUT2D eigenvalue weighted by Gasteiger charge is 2.54. The van der Waals surface area contributed by atoms with Crippen LogP contribution in [0.3, 0.4) is 0 Å². The molecule has 1 aromatic carbocycles. The van der Waals surface area contributed by atoms with Crippen molar-refractivity contribution in [1.29, 1.82) is 0 Å². The average molecular weight is 498 g/mol. The van der Waals surface area contributed by atoms with Crippen LogP contribution in [0.15, 0.2) is 29.5 Å². The van der Waals surface area contributed by atoms with E-state index in [4.69, 9.17) is 9.47 Å². The maximum atomic E-state index is 13.9. The van der Waals surface area contributed by atoms with Crippen molar-refractivity contribution in [3.63, 3.8) is 0 Å². The first-order chi connectivity index (χ1) is 16.7. The first kappa shape index (κ1) is 23.8. The normalized spacial score (nSPS) is 28.3. The molecule has 1 aliphatic carbocycles. The molecule has 3 aliphatic rings. The van der Waals surface area contributed by atoms with E-state index in [0.717, 1.165) is 24.3 Å². The Morgan fingerprint density at radius 1 is 1.20 bits per heavy atom. The molecular formula is C26H31N3O5S. The second kappa shape index (κ2) is 8.93. The van der Waals surface area contributed by atoms with Crippen LogP contribution < -0.4 is 9.64 Å². The second-order valence-electron chi connectivity index (χ2n) is 10.4. The third-order valence-electron chi connectivity index (χ3n) is 7.48. The smallest absolute Gasteiger partial charge is 0.296 e. The molecule has 186 valence electrons. The van der Waals surface area contributed by atoms with Crippen LogP contribution in [0.5, 0.6) is 11.5 Å². The molecule has 5 unspecified atom stereocenters. The molecule has 2 aliphatic heterocycles. The molecular weight excluding hydrogens is 466 g/mol. The van der Waals surface area contributed by atoms with Gasteiger partial charge in [0, 0.05) is 6.42 Å². The fraction of sp³-hybridized carbons (Fsp3) is 0.538. The monoisotopic (exact) mass is 497 g/mol. The van der Waals surface area contributed by atoms with Crippen LogP contribution in [0.2, 0.25) is 0 Å². The molecule has 1 N–H and O–H groups in total. The van der Waals surface area contributed by atoms with Gasteiger partial charge in [-0.25, -0.2) is 0 Å². The van der Waals surface area contributed by atoms with Gasteiger partial charge in [-0.1, -0.05) is 45.1 Å². The zero-order chi connectivity index (χ0) is 25.0. The molecule has 1 saturated carbocycles. The minimum absolute atomic E-state index is 0.0159. The quantitative estimate of drug-likeness (QED) is 0.651. The topological polar surface area (TPSA) is 102 Å². The van der Waals surface area contributed by atoms with Crippen LogP contribution in [0.4, 0.5) is 5.13 Å². The number of carbonyl (C=O) groups is 2. The highest BCUT2D eigenvalue weighted by Crippen LogP contribution is 2.50. The zero-order valence-corrected chi connectivity index (χ0v) is 21.5. The number of phenols is 1. The number of aromatic hydroxyl groups is 1.